The molecule has 27 heavy (non-hydrogen) atoms. The van der Waals surface area contributed by atoms with Crippen LogP contribution in [-0.4, -0.2) is 32.7 Å². The van der Waals surface area contributed by atoms with Crippen LogP contribution in [0.2, 0.25) is 0 Å². The minimum absolute atomic E-state index is 0.185. The molecule has 1 aliphatic carbocycles. The molecule has 0 aliphatic heterocycles. The van der Waals surface area contributed by atoms with Gasteiger partial charge in [0.15, 0.2) is 0 Å². The van der Waals surface area contributed by atoms with Crippen LogP contribution in [0, 0.1) is 10.1 Å². The van der Waals surface area contributed by atoms with Crippen molar-refractivity contribution in [3.8, 4) is 0 Å². The van der Waals surface area contributed by atoms with Gasteiger partial charge in [0.1, 0.15) is 23.9 Å². The summed E-state index contributed by atoms with van der Waals surface area (Å²) in [5, 5.41) is 17.7. The Bertz CT molecular complexity index is 886. The molecule has 1 N–H and O–H groups in total. The number of thiophene rings is 1. The first-order valence-electron chi connectivity index (χ1n) is 8.67. The Labute approximate surface area is 159 Å². The zero-order valence-electron chi connectivity index (χ0n) is 15.1. The van der Waals surface area contributed by atoms with Crippen LogP contribution in [0.1, 0.15) is 47.5 Å². The number of carbonyl (C=O) groups excluding carboxylic acids is 2. The molecule has 0 saturated carbocycles. The first kappa shape index (κ1) is 19.0. The number of rotatable bonds is 6. The highest BCUT2D eigenvalue weighted by Gasteiger charge is 2.28. The molecule has 0 fully saturated rings. The standard InChI is InChI=1S/C17H20N4O5S/c1-10(2)26-17(23)15-12-5-3-4-6-13(12)27-16(15)19-14(22)9-20-8-11(7-18-20)21(24)25/h7-8,10H,3-6,9H2,1-2H3,(H,19,22). The van der Waals surface area contributed by atoms with Gasteiger partial charge in [0.2, 0.25) is 5.91 Å². The van der Waals surface area contributed by atoms with E-state index in [4.69, 9.17) is 4.74 Å². The van der Waals surface area contributed by atoms with E-state index >= 15 is 0 Å². The summed E-state index contributed by atoms with van der Waals surface area (Å²) in [5.41, 5.74) is 1.21. The van der Waals surface area contributed by atoms with Crippen LogP contribution in [-0.2, 0) is 28.9 Å². The molecule has 3 rings (SSSR count). The Balaban J connectivity index is 1.80. The van der Waals surface area contributed by atoms with E-state index in [9.17, 15) is 19.7 Å². The van der Waals surface area contributed by atoms with E-state index in [0.29, 0.717) is 10.6 Å². The predicted molar refractivity (Wildman–Crippen MR) is 99.0 cm³/mol. The maximum absolute atomic E-state index is 12.6. The highest BCUT2D eigenvalue weighted by Crippen LogP contribution is 2.38. The summed E-state index contributed by atoms with van der Waals surface area (Å²) in [6, 6.07) is 0. The Kier molecular flexibility index (Phi) is 5.54. The molecule has 0 aromatic carbocycles. The molecule has 2 heterocycles. The fourth-order valence-electron chi connectivity index (χ4n) is 2.99. The van der Waals surface area contributed by atoms with Crippen molar-refractivity contribution in [1.29, 1.82) is 0 Å². The molecule has 2 aromatic rings. The van der Waals surface area contributed by atoms with Crippen LogP contribution in [0.5, 0.6) is 0 Å². The average molecular weight is 392 g/mol. The molecule has 1 amide bonds. The van der Waals surface area contributed by atoms with Crippen LogP contribution in [0.3, 0.4) is 0 Å². The molecule has 0 radical (unpaired) electrons. The summed E-state index contributed by atoms with van der Waals surface area (Å²) in [6.45, 7) is 3.37. The summed E-state index contributed by atoms with van der Waals surface area (Å²) in [4.78, 5) is 36.2. The Morgan fingerprint density at radius 2 is 2.15 bits per heavy atom. The number of nitrogens with zero attached hydrogens (tertiary/aromatic N) is 3. The Hall–Kier alpha value is -2.75. The number of aromatic nitrogens is 2. The van der Waals surface area contributed by atoms with Crippen molar-refractivity contribution in [2.24, 2.45) is 0 Å². The monoisotopic (exact) mass is 392 g/mol. The predicted octanol–water partition coefficient (Wildman–Crippen LogP) is 2.94. The van der Waals surface area contributed by atoms with Crippen molar-refractivity contribution >= 4 is 33.9 Å². The smallest absolute Gasteiger partial charge is 0.341 e. The van der Waals surface area contributed by atoms with Gasteiger partial charge >= 0.3 is 11.7 Å². The zero-order chi connectivity index (χ0) is 19.6. The van der Waals surface area contributed by atoms with Crippen LogP contribution >= 0.6 is 11.3 Å². The molecule has 9 nitrogen and oxygen atoms in total. The van der Waals surface area contributed by atoms with Crippen molar-refractivity contribution in [3.63, 3.8) is 0 Å². The zero-order valence-corrected chi connectivity index (χ0v) is 15.9. The van der Waals surface area contributed by atoms with Gasteiger partial charge in [0.05, 0.1) is 16.6 Å². The number of aryl methyl sites for hydroxylation is 1. The summed E-state index contributed by atoms with van der Waals surface area (Å²) < 4.78 is 6.54. The first-order valence-corrected chi connectivity index (χ1v) is 9.49. The Morgan fingerprint density at radius 3 is 2.81 bits per heavy atom. The molecule has 144 valence electrons. The number of esters is 1. The fourth-order valence-corrected chi connectivity index (χ4v) is 4.28. The second-order valence-corrected chi connectivity index (χ2v) is 7.68. The molecule has 1 aliphatic rings. The molecule has 10 heteroatoms. The van der Waals surface area contributed by atoms with Gasteiger partial charge in [-0.1, -0.05) is 0 Å². The van der Waals surface area contributed by atoms with Crippen molar-refractivity contribution < 1.29 is 19.2 Å². The van der Waals surface area contributed by atoms with Crippen molar-refractivity contribution in [2.75, 3.05) is 5.32 Å². The van der Waals surface area contributed by atoms with E-state index < -0.39 is 16.8 Å². The third kappa shape index (κ3) is 4.33. The molecule has 0 saturated heterocycles. The summed E-state index contributed by atoms with van der Waals surface area (Å²) in [6.07, 6.45) is 5.73. The number of hydrogen-bond donors (Lipinski definition) is 1. The van der Waals surface area contributed by atoms with Gasteiger partial charge in [0.25, 0.3) is 0 Å². The van der Waals surface area contributed by atoms with Gasteiger partial charge in [-0.3, -0.25) is 19.6 Å². The molecule has 2 aromatic heterocycles. The molecular formula is C17H20N4O5S. The van der Waals surface area contributed by atoms with Gasteiger partial charge in [-0.25, -0.2) is 4.79 Å². The van der Waals surface area contributed by atoms with Crippen LogP contribution in [0.25, 0.3) is 0 Å². The lowest BCUT2D eigenvalue weighted by Crippen LogP contribution is -2.21. The minimum Gasteiger partial charge on any atom is -0.459 e. The van der Waals surface area contributed by atoms with E-state index in [1.807, 2.05) is 0 Å². The van der Waals surface area contributed by atoms with Gasteiger partial charge in [0, 0.05) is 4.88 Å². The lowest BCUT2D eigenvalue weighted by molar-refractivity contribution is -0.385. The molecular weight excluding hydrogens is 372 g/mol. The SMILES string of the molecule is CC(C)OC(=O)c1c(NC(=O)Cn2cc([N+](=O)[O-])cn2)sc2c1CCCC2. The van der Waals surface area contributed by atoms with E-state index in [2.05, 4.69) is 10.4 Å². The van der Waals surface area contributed by atoms with E-state index in [-0.39, 0.29) is 18.3 Å². The van der Waals surface area contributed by atoms with Crippen molar-refractivity contribution in [2.45, 2.75) is 52.2 Å². The average Bonchev–Trinajstić information content (AvgIpc) is 3.18. The highest BCUT2D eigenvalue weighted by molar-refractivity contribution is 7.17. The number of hydrogen-bond acceptors (Lipinski definition) is 7. The second-order valence-electron chi connectivity index (χ2n) is 6.57. The van der Waals surface area contributed by atoms with Gasteiger partial charge in [-0.2, -0.15) is 5.10 Å². The number of carbonyl (C=O) groups is 2. The lowest BCUT2D eigenvalue weighted by atomic mass is 9.95. The van der Waals surface area contributed by atoms with Crippen LogP contribution < -0.4 is 5.32 Å². The third-order valence-electron chi connectivity index (χ3n) is 4.11. The van der Waals surface area contributed by atoms with E-state index in [0.717, 1.165) is 42.3 Å². The highest BCUT2D eigenvalue weighted by atomic mass is 32.1. The van der Waals surface area contributed by atoms with Crippen molar-refractivity contribution in [3.05, 3.63) is 38.5 Å². The van der Waals surface area contributed by atoms with Crippen LogP contribution in [0.4, 0.5) is 10.7 Å². The summed E-state index contributed by atoms with van der Waals surface area (Å²) >= 11 is 1.40. The van der Waals surface area contributed by atoms with Gasteiger partial charge < -0.3 is 10.1 Å². The number of ether oxygens (including phenoxy) is 1. The topological polar surface area (TPSA) is 116 Å². The molecule has 0 atom stereocenters. The maximum atomic E-state index is 12.6. The van der Waals surface area contributed by atoms with Gasteiger partial charge in [-0.15, -0.1) is 11.3 Å². The van der Waals surface area contributed by atoms with Crippen LogP contribution in [0.15, 0.2) is 12.4 Å². The minimum atomic E-state index is -0.575. The number of nitrogens with one attached hydrogen (secondary N) is 1. The number of anilines is 1. The number of fused-ring (bicyclic) bond motifs is 1. The summed E-state index contributed by atoms with van der Waals surface area (Å²) in [5.74, 6) is -0.848. The van der Waals surface area contributed by atoms with E-state index in [1.165, 1.54) is 22.2 Å². The third-order valence-corrected chi connectivity index (χ3v) is 5.31. The first-order chi connectivity index (χ1) is 12.8. The molecule has 0 bridgehead atoms. The quantitative estimate of drug-likeness (QED) is 0.459. The maximum Gasteiger partial charge on any atom is 0.341 e. The largest absolute Gasteiger partial charge is 0.459 e. The Morgan fingerprint density at radius 1 is 1.41 bits per heavy atom. The second kappa shape index (κ2) is 7.87. The lowest BCUT2D eigenvalue weighted by Gasteiger charge is -2.14. The fraction of sp³-hybridized carbons (Fsp3) is 0.471. The number of nitro groups is 1. The van der Waals surface area contributed by atoms with Gasteiger partial charge in [-0.05, 0) is 45.1 Å². The molecule has 0 spiro atoms. The number of amides is 1. The summed E-state index contributed by atoms with van der Waals surface area (Å²) in [7, 11) is 0. The van der Waals surface area contributed by atoms with E-state index in [1.54, 1.807) is 13.8 Å². The molecule has 0 unspecified atom stereocenters. The normalized spacial score (nSPS) is 13.3. The van der Waals surface area contributed by atoms with Crippen molar-refractivity contribution in [1.82, 2.24) is 9.78 Å².